The Hall–Kier alpha value is -0.850. The van der Waals surface area contributed by atoms with Crippen LogP contribution in [0, 0.1) is 0 Å². The van der Waals surface area contributed by atoms with Gasteiger partial charge in [-0.15, -0.1) is 0 Å². The van der Waals surface area contributed by atoms with Crippen molar-refractivity contribution in [1.82, 2.24) is 0 Å². The molecule has 1 aromatic carbocycles. The number of hydrogen-bond donors (Lipinski definition) is 0. The van der Waals surface area contributed by atoms with E-state index in [1.54, 1.807) is 5.94 Å². The van der Waals surface area contributed by atoms with Crippen LogP contribution in [0.5, 0.6) is 0 Å². The SMILES string of the molecule is O=C=CCc1ccccc1Br. The lowest BCUT2D eigenvalue weighted by Crippen LogP contribution is -1.81. The van der Waals surface area contributed by atoms with Crippen LogP contribution in [-0.4, -0.2) is 5.94 Å². The van der Waals surface area contributed by atoms with Crippen LogP contribution >= 0.6 is 15.9 Å². The molecule has 0 atom stereocenters. The molecule has 1 aromatic rings. The fraction of sp³-hybridized carbons (Fsp3) is 0.111. The molecule has 2 heteroatoms. The quantitative estimate of drug-likeness (QED) is 0.686. The number of halogens is 1. The van der Waals surface area contributed by atoms with E-state index in [1.165, 1.54) is 6.08 Å². The lowest BCUT2D eigenvalue weighted by molar-refractivity contribution is 0.568. The second kappa shape index (κ2) is 4.12. The zero-order valence-electron chi connectivity index (χ0n) is 5.88. The zero-order valence-corrected chi connectivity index (χ0v) is 7.47. The summed E-state index contributed by atoms with van der Waals surface area (Å²) in [5, 5.41) is 0. The second-order valence-electron chi connectivity index (χ2n) is 2.12. The van der Waals surface area contributed by atoms with E-state index in [0.717, 1.165) is 10.0 Å². The summed E-state index contributed by atoms with van der Waals surface area (Å²) in [5.41, 5.74) is 1.11. The maximum absolute atomic E-state index is 9.89. The third kappa shape index (κ3) is 2.34. The van der Waals surface area contributed by atoms with Crippen LogP contribution in [0.15, 0.2) is 34.8 Å². The summed E-state index contributed by atoms with van der Waals surface area (Å²) in [6.45, 7) is 0. The first-order valence-electron chi connectivity index (χ1n) is 3.27. The van der Waals surface area contributed by atoms with Gasteiger partial charge >= 0.3 is 0 Å². The molecule has 0 saturated heterocycles. The highest BCUT2D eigenvalue weighted by molar-refractivity contribution is 9.10. The van der Waals surface area contributed by atoms with E-state index in [1.807, 2.05) is 24.3 Å². The van der Waals surface area contributed by atoms with Gasteiger partial charge in [0, 0.05) is 17.0 Å². The zero-order chi connectivity index (χ0) is 8.10. The summed E-state index contributed by atoms with van der Waals surface area (Å²) >= 11 is 3.38. The fourth-order valence-electron chi connectivity index (χ4n) is 0.816. The van der Waals surface area contributed by atoms with Gasteiger partial charge in [0.15, 0.2) is 0 Å². The predicted octanol–water partition coefficient (Wildman–Crippen LogP) is 2.38. The first-order valence-corrected chi connectivity index (χ1v) is 4.06. The summed E-state index contributed by atoms with van der Waals surface area (Å²) in [4.78, 5) is 9.89. The van der Waals surface area contributed by atoms with Gasteiger partial charge in [0.1, 0.15) is 5.94 Å². The summed E-state index contributed by atoms with van der Waals surface area (Å²) in [6, 6.07) is 7.81. The van der Waals surface area contributed by atoms with Crippen LogP contribution in [0.4, 0.5) is 0 Å². The summed E-state index contributed by atoms with van der Waals surface area (Å²) in [5.74, 6) is 1.75. The molecule has 0 aliphatic rings. The number of hydrogen-bond acceptors (Lipinski definition) is 1. The molecule has 0 radical (unpaired) electrons. The molecule has 56 valence electrons. The molecular formula is C9H7BrO. The highest BCUT2D eigenvalue weighted by Crippen LogP contribution is 2.15. The van der Waals surface area contributed by atoms with Crippen LogP contribution in [0.25, 0.3) is 0 Å². The van der Waals surface area contributed by atoms with Crippen molar-refractivity contribution < 1.29 is 4.79 Å². The standard InChI is InChI=1S/C9H7BrO/c10-9-6-2-1-4-8(9)5-3-7-11/h1-4,6H,5H2. The average Bonchev–Trinajstić information content (AvgIpc) is 2.03. The largest absolute Gasteiger partial charge is 0.234 e. The maximum atomic E-state index is 9.89. The maximum Gasteiger partial charge on any atom is 0.120 e. The minimum Gasteiger partial charge on any atom is -0.234 e. The lowest BCUT2D eigenvalue weighted by atomic mass is 10.2. The Balaban J connectivity index is 2.85. The first-order chi connectivity index (χ1) is 5.34. The normalized spacial score (nSPS) is 8.82. The monoisotopic (exact) mass is 210 g/mol. The second-order valence-corrected chi connectivity index (χ2v) is 2.97. The van der Waals surface area contributed by atoms with Crippen molar-refractivity contribution in [2.45, 2.75) is 6.42 Å². The molecule has 0 bridgehead atoms. The Morgan fingerprint density at radius 2 is 2.18 bits per heavy atom. The number of benzene rings is 1. The number of carbonyl (C=O) groups excluding carboxylic acids is 1. The number of allylic oxidation sites excluding steroid dienone is 1. The van der Waals surface area contributed by atoms with Gasteiger partial charge in [-0.25, -0.2) is 4.79 Å². The van der Waals surface area contributed by atoms with Gasteiger partial charge in [0.2, 0.25) is 0 Å². The molecule has 0 spiro atoms. The van der Waals surface area contributed by atoms with Crippen molar-refractivity contribution in [3.8, 4) is 0 Å². The summed E-state index contributed by atoms with van der Waals surface area (Å²) < 4.78 is 1.03. The molecule has 0 heterocycles. The van der Waals surface area contributed by atoms with Gasteiger partial charge in [0.05, 0.1) is 0 Å². The molecule has 0 N–H and O–H groups in total. The Bertz CT molecular complexity index is 287. The van der Waals surface area contributed by atoms with Crippen LogP contribution in [0.2, 0.25) is 0 Å². The van der Waals surface area contributed by atoms with Gasteiger partial charge < -0.3 is 0 Å². The molecule has 1 rings (SSSR count). The third-order valence-electron chi connectivity index (χ3n) is 1.36. The average molecular weight is 211 g/mol. The molecule has 0 saturated carbocycles. The van der Waals surface area contributed by atoms with E-state index >= 15 is 0 Å². The van der Waals surface area contributed by atoms with Crippen LogP contribution in [-0.2, 0) is 11.2 Å². The molecule has 0 aromatic heterocycles. The van der Waals surface area contributed by atoms with Gasteiger partial charge in [-0.1, -0.05) is 34.1 Å². The van der Waals surface area contributed by atoms with Crippen LogP contribution in [0.1, 0.15) is 5.56 Å². The predicted molar refractivity (Wildman–Crippen MR) is 48.1 cm³/mol. The van der Waals surface area contributed by atoms with Crippen molar-refractivity contribution in [2.75, 3.05) is 0 Å². The topological polar surface area (TPSA) is 17.1 Å². The molecule has 0 fully saturated rings. The minimum atomic E-state index is 0.644. The first kappa shape index (κ1) is 8.25. The lowest BCUT2D eigenvalue weighted by Gasteiger charge is -1.97. The highest BCUT2D eigenvalue weighted by atomic mass is 79.9. The summed E-state index contributed by atoms with van der Waals surface area (Å²) in [6.07, 6.45) is 2.12. The van der Waals surface area contributed by atoms with E-state index in [4.69, 9.17) is 0 Å². The van der Waals surface area contributed by atoms with Crippen LogP contribution < -0.4 is 0 Å². The van der Waals surface area contributed by atoms with E-state index in [9.17, 15) is 4.79 Å². The van der Waals surface area contributed by atoms with E-state index in [2.05, 4.69) is 15.9 Å². The van der Waals surface area contributed by atoms with Gasteiger partial charge in [-0.3, -0.25) is 0 Å². The van der Waals surface area contributed by atoms with Crippen LogP contribution in [0.3, 0.4) is 0 Å². The van der Waals surface area contributed by atoms with Crippen molar-refractivity contribution in [3.63, 3.8) is 0 Å². The molecule has 0 amide bonds. The smallest absolute Gasteiger partial charge is 0.120 e. The Kier molecular flexibility index (Phi) is 3.09. The fourth-order valence-corrected chi connectivity index (χ4v) is 1.26. The van der Waals surface area contributed by atoms with Gasteiger partial charge in [0.25, 0.3) is 0 Å². The molecule has 0 aliphatic carbocycles. The molecule has 11 heavy (non-hydrogen) atoms. The van der Waals surface area contributed by atoms with E-state index in [0.29, 0.717) is 6.42 Å². The third-order valence-corrected chi connectivity index (χ3v) is 2.14. The Labute approximate surface area is 73.9 Å². The molecular weight excluding hydrogens is 204 g/mol. The molecule has 1 nitrogen and oxygen atoms in total. The van der Waals surface area contributed by atoms with E-state index < -0.39 is 0 Å². The van der Waals surface area contributed by atoms with E-state index in [-0.39, 0.29) is 0 Å². The summed E-state index contributed by atoms with van der Waals surface area (Å²) in [7, 11) is 0. The highest BCUT2D eigenvalue weighted by Gasteiger charge is 1.93. The van der Waals surface area contributed by atoms with Crippen molar-refractivity contribution >= 4 is 21.9 Å². The van der Waals surface area contributed by atoms with Gasteiger partial charge in [-0.05, 0) is 11.6 Å². The Morgan fingerprint density at radius 3 is 2.82 bits per heavy atom. The van der Waals surface area contributed by atoms with Crippen molar-refractivity contribution in [2.24, 2.45) is 0 Å². The number of rotatable bonds is 2. The van der Waals surface area contributed by atoms with Gasteiger partial charge in [-0.2, -0.15) is 0 Å². The molecule has 0 aliphatic heterocycles. The van der Waals surface area contributed by atoms with Crippen molar-refractivity contribution in [3.05, 3.63) is 40.4 Å². The van der Waals surface area contributed by atoms with Crippen molar-refractivity contribution in [1.29, 1.82) is 0 Å². The Morgan fingerprint density at radius 1 is 1.45 bits per heavy atom. The minimum absolute atomic E-state index is 0.644. The molecule has 0 unspecified atom stereocenters.